The standard InChI is InChI=1S/C17H22N.5C16H20N/c1-12(2)16-11-18(5)17(10-14(16)4)15-9-7-6-8-13(15)3;3*1-5-14-10-16(17(4)11-13(14)3)15-9-7-6-8-12(15)2;2*1-5-14-11-17(4)16(10-13(14)3)15-9-7-6-8-12(15)2/h6-12H,1-5H3;5*6-11H,5H2,1-4H3/q6*+1/i1D3,12D;2*3D3,5D2;;;. The van der Waals surface area contributed by atoms with Gasteiger partial charge in [0.05, 0.1) is 0 Å². The smallest absolute Gasteiger partial charge is 0.201 e. The molecule has 0 amide bonds. The maximum Gasteiger partial charge on any atom is 0.212 e. The molecule has 0 radical (unpaired) electrons. The highest BCUT2D eigenvalue weighted by Gasteiger charge is 2.21. The Morgan fingerprint density at radius 3 is 0.786 bits per heavy atom. The molecule has 6 aromatic heterocycles. The van der Waals surface area contributed by atoms with Crippen LogP contribution in [0.4, 0.5) is 0 Å². The Kier molecular flexibility index (Phi) is 22.8. The number of aryl methyl sites for hydroxylation is 23. The van der Waals surface area contributed by atoms with Crippen molar-refractivity contribution in [1.82, 2.24) is 0 Å². The fraction of sp³-hybridized carbons (Fsp3) is 0.320. The highest BCUT2D eigenvalue weighted by atomic mass is 14.9. The van der Waals surface area contributed by atoms with Crippen LogP contribution < -0.4 is 27.4 Å². The normalized spacial score (nSPS) is 13.9. The number of nitrogens with zero attached hydrogens (tertiary/aromatic N) is 6. The first-order valence-electron chi connectivity index (χ1n) is 42.9. The largest absolute Gasteiger partial charge is 0.212 e. The van der Waals surface area contributed by atoms with Gasteiger partial charge >= 0.3 is 0 Å². The van der Waals surface area contributed by atoms with E-state index in [0.717, 1.165) is 75.3 Å². The number of benzene rings is 6. The maximum absolute atomic E-state index is 8.30. The first-order chi connectivity index (χ1) is 54.5. The summed E-state index contributed by atoms with van der Waals surface area (Å²) in [6.45, 7) is 24.7. The second-order valence-electron chi connectivity index (χ2n) is 27.1. The SMILES string of the molecule is CCc1c[n+](C)c(-c2ccccc2C)cc1C.CCc1c[n+](C)c(-c2ccccc2C)cc1C.CCc1cc(-c2ccccc2C)[n+](C)cc1C.[2H]C([2H])([2H])C([2H])(C)c1c[n+](C)c(-c2ccccc2C)cc1C.[2H]C([2H])([2H])c1c[n+](C)c(-c2ccccc2C)cc1C([2H])([2H])C.[2H]C([2H])([2H])c1c[n+](C)c(-c2ccccc2C)cc1C([2H])([2H])C. The van der Waals surface area contributed by atoms with Crippen LogP contribution in [0.3, 0.4) is 0 Å². The summed E-state index contributed by atoms with van der Waals surface area (Å²) in [6, 6.07) is 61.5. The van der Waals surface area contributed by atoms with E-state index in [-0.39, 0.29) is 22.3 Å². The van der Waals surface area contributed by atoms with E-state index in [1.165, 1.54) is 117 Å². The topological polar surface area (TPSA) is 23.3 Å². The predicted octanol–water partition coefficient (Wildman–Crippen LogP) is 20.7. The molecule has 0 bridgehead atoms. The van der Waals surface area contributed by atoms with Gasteiger partial charge in [-0.15, -0.1) is 0 Å². The average molecular weight is 1390 g/mol. The zero-order chi connectivity index (χ0) is 87.4. The first-order valence-corrected chi connectivity index (χ1v) is 35.9. The number of hydrogen-bond acceptors (Lipinski definition) is 0. The van der Waals surface area contributed by atoms with E-state index in [1.54, 1.807) is 41.6 Å². The van der Waals surface area contributed by atoms with E-state index in [2.05, 4.69) is 220 Å². The van der Waals surface area contributed by atoms with Gasteiger partial charge in [0.15, 0.2) is 37.2 Å². The molecular weight excluding hydrogens is 1250 g/mol. The molecule has 0 fully saturated rings. The summed E-state index contributed by atoms with van der Waals surface area (Å²) >= 11 is 0. The zero-order valence-electron chi connectivity index (χ0n) is 79.6. The minimum atomic E-state index is -2.37. The van der Waals surface area contributed by atoms with Crippen molar-refractivity contribution in [2.45, 2.75) is 169 Å². The Hall–Kier alpha value is -9.78. The fourth-order valence-electron chi connectivity index (χ4n) is 13.2. The van der Waals surface area contributed by atoms with Gasteiger partial charge in [-0.2, -0.15) is 0 Å². The Labute approximate surface area is 642 Å². The molecule has 0 saturated carbocycles. The van der Waals surface area contributed by atoms with E-state index < -0.39 is 39.2 Å². The molecule has 0 spiro atoms. The summed E-state index contributed by atoms with van der Waals surface area (Å²) in [5.74, 6) is -1.63. The molecule has 12 aromatic rings. The summed E-state index contributed by atoms with van der Waals surface area (Å²) in [4.78, 5) is 0. The van der Waals surface area contributed by atoms with Crippen molar-refractivity contribution >= 4 is 0 Å². The average Bonchev–Trinajstić information content (AvgIpc) is 0.556. The van der Waals surface area contributed by atoms with Crippen molar-refractivity contribution in [2.24, 2.45) is 42.3 Å². The summed E-state index contributed by atoms with van der Waals surface area (Å²) < 4.78 is 121. The van der Waals surface area contributed by atoms with Gasteiger partial charge in [0.1, 0.15) is 42.3 Å². The molecule has 6 nitrogen and oxygen atoms in total. The predicted molar refractivity (Wildman–Crippen MR) is 436 cm³/mol. The molecule has 1 atom stereocenters. The third kappa shape index (κ3) is 20.7. The summed E-state index contributed by atoms with van der Waals surface area (Å²) in [5, 5.41) is 0. The highest BCUT2D eigenvalue weighted by molar-refractivity contribution is 5.66. The van der Waals surface area contributed by atoms with Crippen molar-refractivity contribution in [2.75, 3.05) is 0 Å². The summed E-state index contributed by atoms with van der Waals surface area (Å²) in [6.07, 6.45) is 11.3. The van der Waals surface area contributed by atoms with Gasteiger partial charge in [-0.3, -0.25) is 0 Å². The third-order valence-electron chi connectivity index (χ3n) is 19.4. The number of aromatic nitrogens is 6. The van der Waals surface area contributed by atoms with Gasteiger partial charge in [-0.1, -0.05) is 158 Å². The molecule has 0 saturated heterocycles. The molecule has 6 heteroatoms. The Bertz CT molecular complexity index is 5240. The molecule has 12 rings (SSSR count). The lowest BCUT2D eigenvalue weighted by Gasteiger charge is -2.11. The van der Waals surface area contributed by atoms with E-state index in [9.17, 15) is 0 Å². The van der Waals surface area contributed by atoms with E-state index in [1.807, 2.05) is 105 Å². The van der Waals surface area contributed by atoms with Crippen LogP contribution in [-0.2, 0) is 74.3 Å². The Morgan fingerprint density at radius 1 is 0.282 bits per heavy atom. The Balaban J connectivity index is 0.000000195. The second kappa shape index (κ2) is 37.9. The van der Waals surface area contributed by atoms with Crippen molar-refractivity contribution in [3.63, 3.8) is 0 Å². The van der Waals surface area contributed by atoms with Crippen LogP contribution in [0.1, 0.15) is 174 Å². The van der Waals surface area contributed by atoms with Crippen molar-refractivity contribution in [3.8, 4) is 67.5 Å². The lowest BCUT2D eigenvalue weighted by molar-refractivity contribution is -0.661. The Morgan fingerprint density at radius 2 is 0.524 bits per heavy atom. The van der Waals surface area contributed by atoms with Crippen LogP contribution in [0, 0.1) is 82.9 Å². The van der Waals surface area contributed by atoms with Crippen molar-refractivity contribution in [1.29, 1.82) is 0 Å². The lowest BCUT2D eigenvalue weighted by Crippen LogP contribution is -2.32. The van der Waals surface area contributed by atoms with Gasteiger partial charge in [0, 0.05) is 122 Å². The van der Waals surface area contributed by atoms with Crippen LogP contribution >= 0.6 is 0 Å². The first kappa shape index (κ1) is 61.8. The van der Waals surface area contributed by atoms with Crippen LogP contribution in [0.5, 0.6) is 0 Å². The molecule has 0 aliphatic carbocycles. The molecule has 6 heterocycles. The number of rotatable bonds is 12. The van der Waals surface area contributed by atoms with Crippen LogP contribution in [-0.4, -0.2) is 0 Å². The minimum Gasteiger partial charge on any atom is -0.201 e. The van der Waals surface area contributed by atoms with Crippen LogP contribution in [0.25, 0.3) is 67.5 Å². The fourth-order valence-corrected chi connectivity index (χ4v) is 13.2. The van der Waals surface area contributed by atoms with Crippen molar-refractivity contribution < 1.29 is 46.6 Å². The molecule has 0 aliphatic rings. The van der Waals surface area contributed by atoms with Crippen LogP contribution in [0.15, 0.2) is 219 Å². The van der Waals surface area contributed by atoms with E-state index in [0.29, 0.717) is 5.56 Å². The van der Waals surface area contributed by atoms with Gasteiger partial charge in [-0.25, -0.2) is 27.4 Å². The molecule has 1 unspecified atom stereocenters. The molecule has 103 heavy (non-hydrogen) atoms. The van der Waals surface area contributed by atoms with Gasteiger partial charge in [-0.05, 0) is 224 Å². The molecule has 0 aliphatic heterocycles. The van der Waals surface area contributed by atoms with Gasteiger partial charge < -0.3 is 0 Å². The highest BCUT2D eigenvalue weighted by Crippen LogP contribution is 2.29. The maximum atomic E-state index is 8.30. The minimum absolute atomic E-state index is 0.0554. The molecule has 0 N–H and O–H groups in total. The summed E-state index contributed by atoms with van der Waals surface area (Å²) in [5.41, 5.74) is 31.0. The lowest BCUT2D eigenvalue weighted by atomic mass is 9.97. The number of pyridine rings is 6. The number of hydrogen-bond donors (Lipinski definition) is 0. The van der Waals surface area contributed by atoms with Crippen LogP contribution in [0.2, 0.25) is 0 Å². The van der Waals surface area contributed by atoms with Gasteiger partial charge in [0.25, 0.3) is 0 Å². The molecular formula is C97H122N6+6. The quantitative estimate of drug-likeness (QED) is 0.109. The monoisotopic (exact) mass is 1390 g/mol. The molecule has 534 valence electrons. The summed E-state index contributed by atoms with van der Waals surface area (Å²) in [7, 11) is 11.8. The van der Waals surface area contributed by atoms with E-state index >= 15 is 0 Å². The van der Waals surface area contributed by atoms with E-state index in [4.69, 9.17) is 19.2 Å². The second-order valence-corrected chi connectivity index (χ2v) is 27.1. The zero-order valence-corrected chi connectivity index (χ0v) is 65.6. The third-order valence-corrected chi connectivity index (χ3v) is 19.4. The van der Waals surface area contributed by atoms with Gasteiger partial charge in [0.2, 0.25) is 34.2 Å². The van der Waals surface area contributed by atoms with Crippen molar-refractivity contribution in [3.05, 3.63) is 319 Å². The molecule has 6 aromatic carbocycles.